The van der Waals surface area contributed by atoms with Crippen molar-refractivity contribution >= 4 is 22.9 Å². The number of nitrogens with zero attached hydrogens (tertiary/aromatic N) is 1. The van der Waals surface area contributed by atoms with Gasteiger partial charge >= 0.3 is 0 Å². The van der Waals surface area contributed by atoms with Crippen molar-refractivity contribution in [2.24, 2.45) is 5.92 Å². The van der Waals surface area contributed by atoms with Gasteiger partial charge in [-0.3, -0.25) is 9.59 Å². The molecule has 5 heteroatoms. The lowest BCUT2D eigenvalue weighted by atomic mass is 9.97. The van der Waals surface area contributed by atoms with E-state index in [0.717, 1.165) is 17.7 Å². The predicted molar refractivity (Wildman–Crippen MR) is 86.2 cm³/mol. The molecule has 1 aliphatic rings. The summed E-state index contributed by atoms with van der Waals surface area (Å²) >= 11 is 1.28. The zero-order valence-corrected chi connectivity index (χ0v) is 13.4. The highest BCUT2D eigenvalue weighted by molar-refractivity contribution is 8.13. The minimum Gasteiger partial charge on any atom is -0.348 e. The smallest absolute Gasteiger partial charge is 0.282 e. The zero-order chi connectivity index (χ0) is 15.2. The van der Waals surface area contributed by atoms with Crippen LogP contribution in [0.2, 0.25) is 0 Å². The number of carbonyl (C=O) groups is 2. The van der Waals surface area contributed by atoms with Crippen molar-refractivity contribution in [3.63, 3.8) is 0 Å². The molecule has 4 nitrogen and oxygen atoms in total. The lowest BCUT2D eigenvalue weighted by molar-refractivity contribution is -0.122. The van der Waals surface area contributed by atoms with Crippen molar-refractivity contribution in [1.82, 2.24) is 10.2 Å². The third-order valence-corrected chi connectivity index (χ3v) is 4.32. The summed E-state index contributed by atoms with van der Waals surface area (Å²) in [5.74, 6) is 1.18. The van der Waals surface area contributed by atoms with Gasteiger partial charge in [0.05, 0.1) is 6.04 Å². The van der Waals surface area contributed by atoms with Crippen LogP contribution in [0.5, 0.6) is 0 Å². The minimum absolute atomic E-state index is 0.00376. The molecule has 2 amide bonds. The molecule has 1 aliphatic heterocycles. The molecule has 2 rings (SSSR count). The Morgan fingerprint density at radius 3 is 2.62 bits per heavy atom. The van der Waals surface area contributed by atoms with Crippen LogP contribution in [0, 0.1) is 5.92 Å². The first kappa shape index (κ1) is 15.9. The molecule has 1 atom stereocenters. The average Bonchev–Trinajstić information content (AvgIpc) is 2.84. The summed E-state index contributed by atoms with van der Waals surface area (Å²) in [6.07, 6.45) is 0.887. The van der Waals surface area contributed by atoms with Crippen LogP contribution >= 0.6 is 11.8 Å². The molecule has 1 N–H and O–H groups in total. The Labute approximate surface area is 130 Å². The third-order valence-electron chi connectivity index (χ3n) is 3.42. The van der Waals surface area contributed by atoms with Gasteiger partial charge in [-0.25, -0.2) is 0 Å². The fourth-order valence-corrected chi connectivity index (χ4v) is 3.24. The Balaban J connectivity index is 1.98. The number of amides is 2. The topological polar surface area (TPSA) is 49.4 Å². The van der Waals surface area contributed by atoms with E-state index in [1.165, 1.54) is 11.8 Å². The van der Waals surface area contributed by atoms with Gasteiger partial charge in [0.1, 0.15) is 6.54 Å². The van der Waals surface area contributed by atoms with E-state index < -0.39 is 0 Å². The van der Waals surface area contributed by atoms with Crippen molar-refractivity contribution < 1.29 is 9.59 Å². The maximum Gasteiger partial charge on any atom is 0.282 e. The SMILES string of the molecule is CC(C)CC(NC(=O)CN1CCSC1=O)c1ccccc1. The van der Waals surface area contributed by atoms with Gasteiger partial charge in [0.15, 0.2) is 0 Å². The summed E-state index contributed by atoms with van der Waals surface area (Å²) in [6, 6.07) is 10.0. The lowest BCUT2D eigenvalue weighted by Gasteiger charge is -2.23. The van der Waals surface area contributed by atoms with Gasteiger partial charge in [-0.15, -0.1) is 0 Å². The summed E-state index contributed by atoms with van der Waals surface area (Å²) in [5, 5.41) is 3.07. The van der Waals surface area contributed by atoms with Gasteiger partial charge in [0.25, 0.3) is 5.24 Å². The first-order chi connectivity index (χ1) is 10.1. The van der Waals surface area contributed by atoms with Crippen LogP contribution in [0.4, 0.5) is 4.79 Å². The molecular weight excluding hydrogens is 284 g/mol. The standard InChI is InChI=1S/C16H22N2O2S/c1-12(2)10-14(13-6-4-3-5-7-13)17-15(19)11-18-8-9-21-16(18)20/h3-7,12,14H,8-11H2,1-2H3,(H,17,19). The maximum absolute atomic E-state index is 12.2. The van der Waals surface area contributed by atoms with Crippen LogP contribution in [-0.4, -0.2) is 34.9 Å². The summed E-state index contributed by atoms with van der Waals surface area (Å²) in [7, 11) is 0. The molecule has 114 valence electrons. The molecule has 0 aromatic heterocycles. The number of hydrogen-bond donors (Lipinski definition) is 1. The molecule has 0 radical (unpaired) electrons. The van der Waals surface area contributed by atoms with Crippen LogP contribution < -0.4 is 5.32 Å². The molecule has 1 heterocycles. The molecular formula is C16H22N2O2S. The number of rotatable bonds is 6. The van der Waals surface area contributed by atoms with E-state index in [9.17, 15) is 9.59 Å². The number of thioether (sulfide) groups is 1. The van der Waals surface area contributed by atoms with Crippen molar-refractivity contribution in [2.75, 3.05) is 18.8 Å². The Kier molecular flexibility index (Phi) is 5.67. The van der Waals surface area contributed by atoms with E-state index in [4.69, 9.17) is 0 Å². The van der Waals surface area contributed by atoms with Crippen molar-refractivity contribution in [3.8, 4) is 0 Å². The van der Waals surface area contributed by atoms with Crippen LogP contribution in [0.3, 0.4) is 0 Å². The molecule has 1 aromatic carbocycles. The van der Waals surface area contributed by atoms with Crippen LogP contribution in [-0.2, 0) is 4.79 Å². The van der Waals surface area contributed by atoms with Gasteiger partial charge in [0.2, 0.25) is 5.91 Å². The van der Waals surface area contributed by atoms with E-state index in [1.54, 1.807) is 4.90 Å². The van der Waals surface area contributed by atoms with Crippen molar-refractivity contribution in [1.29, 1.82) is 0 Å². The second kappa shape index (κ2) is 7.50. The van der Waals surface area contributed by atoms with E-state index >= 15 is 0 Å². The largest absolute Gasteiger partial charge is 0.348 e. The van der Waals surface area contributed by atoms with Crippen molar-refractivity contribution in [3.05, 3.63) is 35.9 Å². The highest BCUT2D eigenvalue weighted by atomic mass is 32.2. The normalized spacial score (nSPS) is 16.3. The predicted octanol–water partition coefficient (Wildman–Crippen LogP) is 3.06. The molecule has 1 aromatic rings. The quantitative estimate of drug-likeness (QED) is 0.879. The van der Waals surface area contributed by atoms with Gasteiger partial charge in [0, 0.05) is 12.3 Å². The van der Waals surface area contributed by atoms with Gasteiger partial charge in [-0.1, -0.05) is 55.9 Å². The number of nitrogens with one attached hydrogen (secondary N) is 1. The Morgan fingerprint density at radius 1 is 1.33 bits per heavy atom. The second-order valence-corrected chi connectivity index (χ2v) is 6.74. The summed E-state index contributed by atoms with van der Waals surface area (Å²) in [6.45, 7) is 5.11. The highest BCUT2D eigenvalue weighted by Crippen LogP contribution is 2.21. The molecule has 0 spiro atoms. The van der Waals surface area contributed by atoms with Crippen LogP contribution in [0.15, 0.2) is 30.3 Å². The highest BCUT2D eigenvalue weighted by Gasteiger charge is 2.24. The van der Waals surface area contributed by atoms with Gasteiger partial charge in [-0.2, -0.15) is 0 Å². The van der Waals surface area contributed by atoms with Gasteiger partial charge < -0.3 is 10.2 Å². The molecule has 1 saturated heterocycles. The second-order valence-electron chi connectivity index (χ2n) is 5.70. The molecule has 21 heavy (non-hydrogen) atoms. The van der Waals surface area contributed by atoms with E-state index in [1.807, 2.05) is 30.3 Å². The Bertz CT molecular complexity index is 490. The molecule has 0 saturated carbocycles. The summed E-state index contributed by atoms with van der Waals surface area (Å²) in [5.41, 5.74) is 1.11. The molecule has 0 aliphatic carbocycles. The Hall–Kier alpha value is -1.49. The number of benzene rings is 1. The molecule has 0 bridgehead atoms. The zero-order valence-electron chi connectivity index (χ0n) is 12.5. The monoisotopic (exact) mass is 306 g/mol. The minimum atomic E-state index is -0.0830. The number of hydrogen-bond acceptors (Lipinski definition) is 3. The first-order valence-electron chi connectivity index (χ1n) is 7.32. The van der Waals surface area contributed by atoms with E-state index in [2.05, 4.69) is 19.2 Å². The molecule has 1 fully saturated rings. The lowest BCUT2D eigenvalue weighted by Crippen LogP contribution is -2.39. The Morgan fingerprint density at radius 2 is 2.05 bits per heavy atom. The van der Waals surface area contributed by atoms with E-state index in [0.29, 0.717) is 12.5 Å². The summed E-state index contributed by atoms with van der Waals surface area (Å²) in [4.78, 5) is 25.4. The first-order valence-corrected chi connectivity index (χ1v) is 8.31. The van der Waals surface area contributed by atoms with Crippen LogP contribution in [0.25, 0.3) is 0 Å². The van der Waals surface area contributed by atoms with E-state index in [-0.39, 0.29) is 23.7 Å². The fourth-order valence-electron chi connectivity index (χ4n) is 2.42. The summed E-state index contributed by atoms with van der Waals surface area (Å²) < 4.78 is 0. The maximum atomic E-state index is 12.2. The van der Waals surface area contributed by atoms with Gasteiger partial charge in [-0.05, 0) is 17.9 Å². The number of carbonyl (C=O) groups excluding carboxylic acids is 2. The van der Waals surface area contributed by atoms with Crippen LogP contribution in [0.1, 0.15) is 31.9 Å². The average molecular weight is 306 g/mol. The molecule has 1 unspecified atom stereocenters. The van der Waals surface area contributed by atoms with Crippen molar-refractivity contribution in [2.45, 2.75) is 26.3 Å². The third kappa shape index (κ3) is 4.77. The fraction of sp³-hybridized carbons (Fsp3) is 0.500.